The highest BCUT2D eigenvalue weighted by Gasteiger charge is 2.08. The van der Waals surface area contributed by atoms with Crippen LogP contribution in [0.15, 0.2) is 104 Å². The lowest BCUT2D eigenvalue weighted by molar-refractivity contribution is 0.476. The molecule has 0 radical (unpaired) electrons. The molecule has 3 nitrogen and oxygen atoms in total. The topological polar surface area (TPSA) is 38.0 Å². The molecule has 0 bridgehead atoms. The third-order valence-corrected chi connectivity index (χ3v) is 5.58. The van der Waals surface area contributed by atoms with Gasteiger partial charge in [-0.05, 0) is 46.3 Å². The fourth-order valence-electron chi connectivity index (χ4n) is 3.83. The molecule has 4 aromatic carbocycles. The SMILES string of the molecule is Oc1c(Cc2ccc(-n3ccnc3)cc2)ccc2ccc(C#CCc3ccccc3)cc12. The molecule has 0 amide bonds. The van der Waals surface area contributed by atoms with Gasteiger partial charge in [-0.1, -0.05) is 72.5 Å². The second kappa shape index (κ2) is 8.83. The van der Waals surface area contributed by atoms with E-state index in [2.05, 4.69) is 59.3 Å². The maximum absolute atomic E-state index is 11.0. The summed E-state index contributed by atoms with van der Waals surface area (Å²) in [6.45, 7) is 0. The number of phenolic OH excluding ortho intramolecular Hbond substituents is 1. The van der Waals surface area contributed by atoms with E-state index in [9.17, 15) is 5.11 Å². The second-order valence-corrected chi connectivity index (χ2v) is 7.79. The zero-order chi connectivity index (χ0) is 21.8. The summed E-state index contributed by atoms with van der Waals surface area (Å²) in [5.41, 5.74) is 5.22. The number of phenols is 1. The van der Waals surface area contributed by atoms with Crippen molar-refractivity contribution >= 4 is 10.8 Å². The Labute approximate surface area is 187 Å². The van der Waals surface area contributed by atoms with Gasteiger partial charge in [0.25, 0.3) is 0 Å². The smallest absolute Gasteiger partial charge is 0.126 e. The fourth-order valence-corrected chi connectivity index (χ4v) is 3.83. The molecule has 154 valence electrons. The molecule has 0 fully saturated rings. The molecule has 0 unspecified atom stereocenters. The Hall–Kier alpha value is -4.29. The maximum Gasteiger partial charge on any atom is 0.126 e. The first-order valence-corrected chi connectivity index (χ1v) is 10.6. The average Bonchev–Trinajstić information content (AvgIpc) is 3.37. The number of aromatic nitrogens is 2. The van der Waals surface area contributed by atoms with Crippen LogP contribution in [0.5, 0.6) is 5.75 Å². The lowest BCUT2D eigenvalue weighted by atomic mass is 9.98. The first kappa shape index (κ1) is 19.7. The minimum absolute atomic E-state index is 0.327. The summed E-state index contributed by atoms with van der Waals surface area (Å²) in [5, 5.41) is 12.8. The van der Waals surface area contributed by atoms with Gasteiger partial charge >= 0.3 is 0 Å². The molecular weight excluding hydrogens is 392 g/mol. The van der Waals surface area contributed by atoms with E-state index >= 15 is 0 Å². The second-order valence-electron chi connectivity index (χ2n) is 7.79. The Bertz CT molecular complexity index is 1410. The highest BCUT2D eigenvalue weighted by atomic mass is 16.3. The number of aromatic hydroxyl groups is 1. The van der Waals surface area contributed by atoms with Crippen molar-refractivity contribution in [1.82, 2.24) is 9.55 Å². The Morgan fingerprint density at radius 2 is 1.66 bits per heavy atom. The van der Waals surface area contributed by atoms with Crippen LogP contribution < -0.4 is 0 Å². The molecule has 0 spiro atoms. The van der Waals surface area contributed by atoms with E-state index in [1.165, 1.54) is 5.56 Å². The van der Waals surface area contributed by atoms with Crippen LogP contribution in [-0.4, -0.2) is 14.7 Å². The van der Waals surface area contributed by atoms with Crippen molar-refractivity contribution in [2.24, 2.45) is 0 Å². The number of imidazole rings is 1. The Morgan fingerprint density at radius 1 is 0.844 bits per heavy atom. The van der Waals surface area contributed by atoms with Crippen LogP contribution in [0.1, 0.15) is 22.3 Å². The number of hydrogen-bond donors (Lipinski definition) is 1. The van der Waals surface area contributed by atoms with Gasteiger partial charge < -0.3 is 9.67 Å². The van der Waals surface area contributed by atoms with Crippen molar-refractivity contribution in [3.05, 3.63) is 126 Å². The monoisotopic (exact) mass is 414 g/mol. The molecule has 3 heteroatoms. The third-order valence-electron chi connectivity index (χ3n) is 5.58. The van der Waals surface area contributed by atoms with Crippen molar-refractivity contribution < 1.29 is 5.11 Å². The van der Waals surface area contributed by atoms with E-state index in [4.69, 9.17) is 0 Å². The van der Waals surface area contributed by atoms with E-state index < -0.39 is 0 Å². The van der Waals surface area contributed by atoms with Crippen molar-refractivity contribution in [3.63, 3.8) is 0 Å². The zero-order valence-electron chi connectivity index (χ0n) is 17.6. The van der Waals surface area contributed by atoms with E-state index in [1.807, 2.05) is 53.2 Å². The minimum Gasteiger partial charge on any atom is -0.507 e. The van der Waals surface area contributed by atoms with Crippen molar-refractivity contribution in [2.75, 3.05) is 0 Å². The van der Waals surface area contributed by atoms with Gasteiger partial charge in [-0.2, -0.15) is 0 Å². The quantitative estimate of drug-likeness (QED) is 0.371. The molecule has 0 saturated heterocycles. The van der Waals surface area contributed by atoms with Crippen LogP contribution in [0.3, 0.4) is 0 Å². The summed E-state index contributed by atoms with van der Waals surface area (Å²) >= 11 is 0. The van der Waals surface area contributed by atoms with Crippen LogP contribution in [0, 0.1) is 11.8 Å². The van der Waals surface area contributed by atoms with Crippen molar-refractivity contribution in [1.29, 1.82) is 0 Å². The highest BCUT2D eigenvalue weighted by molar-refractivity contribution is 5.90. The molecule has 0 aliphatic rings. The molecule has 0 aliphatic carbocycles. The van der Waals surface area contributed by atoms with E-state index in [-0.39, 0.29) is 0 Å². The summed E-state index contributed by atoms with van der Waals surface area (Å²) in [7, 11) is 0. The summed E-state index contributed by atoms with van der Waals surface area (Å²) in [4.78, 5) is 4.09. The molecule has 1 heterocycles. The van der Waals surface area contributed by atoms with E-state index in [0.717, 1.165) is 33.2 Å². The number of fused-ring (bicyclic) bond motifs is 1. The standard InChI is InChI=1S/C29H22N2O/c32-29-26(19-24-10-15-27(16-11-24)31-18-17-30-21-31)14-13-25-12-9-23(20-28(25)29)8-4-7-22-5-2-1-3-6-22/h1-3,5-6,9-18,20-21,32H,7,19H2. The molecule has 1 aromatic heterocycles. The summed E-state index contributed by atoms with van der Waals surface area (Å²) in [6.07, 6.45) is 6.84. The van der Waals surface area contributed by atoms with E-state index in [0.29, 0.717) is 18.6 Å². The summed E-state index contributed by atoms with van der Waals surface area (Å²) < 4.78 is 1.97. The fraction of sp³-hybridized carbons (Fsp3) is 0.0690. The van der Waals surface area contributed by atoms with Crippen molar-refractivity contribution in [2.45, 2.75) is 12.8 Å². The largest absolute Gasteiger partial charge is 0.507 e. The molecule has 0 saturated carbocycles. The number of nitrogens with zero attached hydrogens (tertiary/aromatic N) is 2. The molecule has 5 rings (SSSR count). The normalized spacial score (nSPS) is 10.6. The number of hydrogen-bond acceptors (Lipinski definition) is 2. The lowest BCUT2D eigenvalue weighted by Gasteiger charge is -2.10. The Morgan fingerprint density at radius 3 is 2.44 bits per heavy atom. The molecular formula is C29H22N2O. The summed E-state index contributed by atoms with van der Waals surface area (Å²) in [6, 6.07) is 28.6. The predicted molar refractivity (Wildman–Crippen MR) is 129 cm³/mol. The van der Waals surface area contributed by atoms with Gasteiger partial charge in [0.15, 0.2) is 0 Å². The highest BCUT2D eigenvalue weighted by Crippen LogP contribution is 2.31. The summed E-state index contributed by atoms with van der Waals surface area (Å²) in [5.74, 6) is 6.79. The number of benzene rings is 4. The van der Waals surface area contributed by atoms with Gasteiger partial charge in [-0.3, -0.25) is 0 Å². The van der Waals surface area contributed by atoms with Crippen LogP contribution >= 0.6 is 0 Å². The van der Waals surface area contributed by atoms with Crippen LogP contribution in [0.25, 0.3) is 16.5 Å². The van der Waals surface area contributed by atoms with Gasteiger partial charge in [-0.15, -0.1) is 0 Å². The Kier molecular flexibility index (Phi) is 5.43. The molecule has 0 aliphatic heterocycles. The maximum atomic E-state index is 11.0. The molecule has 0 atom stereocenters. The predicted octanol–water partition coefficient (Wildman–Crippen LogP) is 5.92. The minimum atomic E-state index is 0.327. The van der Waals surface area contributed by atoms with Crippen LogP contribution in [0.2, 0.25) is 0 Å². The van der Waals surface area contributed by atoms with Gasteiger partial charge in [0.2, 0.25) is 0 Å². The third kappa shape index (κ3) is 4.26. The lowest BCUT2D eigenvalue weighted by Crippen LogP contribution is -1.93. The van der Waals surface area contributed by atoms with Gasteiger partial charge in [0, 0.05) is 41.9 Å². The first-order chi connectivity index (χ1) is 15.8. The zero-order valence-corrected chi connectivity index (χ0v) is 17.6. The first-order valence-electron chi connectivity index (χ1n) is 10.6. The van der Waals surface area contributed by atoms with Crippen molar-refractivity contribution in [3.8, 4) is 23.3 Å². The van der Waals surface area contributed by atoms with Gasteiger partial charge in [0.05, 0.1) is 6.33 Å². The van der Waals surface area contributed by atoms with Gasteiger partial charge in [-0.25, -0.2) is 4.98 Å². The Balaban J connectivity index is 1.38. The molecule has 5 aromatic rings. The number of rotatable bonds is 4. The van der Waals surface area contributed by atoms with Crippen LogP contribution in [-0.2, 0) is 12.8 Å². The molecule has 32 heavy (non-hydrogen) atoms. The van der Waals surface area contributed by atoms with E-state index in [1.54, 1.807) is 12.5 Å². The average molecular weight is 415 g/mol. The van der Waals surface area contributed by atoms with Gasteiger partial charge in [0.1, 0.15) is 5.75 Å². The molecule has 1 N–H and O–H groups in total. The van der Waals surface area contributed by atoms with Crippen LogP contribution in [0.4, 0.5) is 0 Å².